The first-order valence-electron chi connectivity index (χ1n) is 10.5. The van der Waals surface area contributed by atoms with Crippen LogP contribution in [0.3, 0.4) is 0 Å². The lowest BCUT2D eigenvalue weighted by Gasteiger charge is -2.45. The molecule has 2 aromatic rings. The summed E-state index contributed by atoms with van der Waals surface area (Å²) in [7, 11) is -1.95. The standard InChI is InChI=1S/C23H28N2O5S/c1-17-6-9-22(10-7-17)31(27,28)25-15-20-13-24(14-21(16-25)30-20)23(26)11-8-18-4-3-5-19(12-18)29-2/h3-7,9-10,12,20-21H,8,11,13-16H2,1-2H3. The number of aryl methyl sites for hydroxylation is 2. The van der Waals surface area contributed by atoms with Crippen molar-refractivity contribution in [3.8, 4) is 5.75 Å². The fourth-order valence-corrected chi connectivity index (χ4v) is 5.65. The third kappa shape index (κ3) is 4.92. The molecule has 0 N–H and O–H groups in total. The number of sulfonamides is 1. The van der Waals surface area contributed by atoms with Crippen LogP contribution in [0, 0.1) is 6.92 Å². The molecule has 2 unspecified atom stereocenters. The third-order valence-electron chi connectivity index (χ3n) is 5.82. The minimum atomic E-state index is -3.57. The van der Waals surface area contributed by atoms with Crippen molar-refractivity contribution in [3.63, 3.8) is 0 Å². The normalized spacial score (nSPS) is 21.7. The monoisotopic (exact) mass is 444 g/mol. The van der Waals surface area contributed by atoms with Crippen LogP contribution in [0.2, 0.25) is 0 Å². The van der Waals surface area contributed by atoms with Crippen LogP contribution in [0.5, 0.6) is 5.75 Å². The second-order valence-electron chi connectivity index (χ2n) is 8.17. The van der Waals surface area contributed by atoms with Crippen molar-refractivity contribution in [2.24, 2.45) is 0 Å². The highest BCUT2D eigenvalue weighted by molar-refractivity contribution is 7.89. The fraction of sp³-hybridized carbons (Fsp3) is 0.435. The highest BCUT2D eigenvalue weighted by Crippen LogP contribution is 2.26. The molecule has 7 nitrogen and oxygen atoms in total. The Morgan fingerprint density at radius 1 is 1.06 bits per heavy atom. The molecule has 0 saturated carbocycles. The SMILES string of the molecule is COc1cccc(CCC(=O)N2CC3CN(S(=O)(=O)c4ccc(C)cc4)CC(C2)O3)c1. The van der Waals surface area contributed by atoms with Gasteiger partial charge in [-0.25, -0.2) is 8.42 Å². The van der Waals surface area contributed by atoms with E-state index >= 15 is 0 Å². The number of carbonyl (C=O) groups excluding carboxylic acids is 1. The first kappa shape index (κ1) is 21.8. The summed E-state index contributed by atoms with van der Waals surface area (Å²) in [6, 6.07) is 14.6. The zero-order chi connectivity index (χ0) is 22.0. The highest BCUT2D eigenvalue weighted by atomic mass is 32.2. The molecule has 0 aromatic heterocycles. The van der Waals surface area contributed by atoms with Gasteiger partial charge < -0.3 is 14.4 Å². The Hall–Kier alpha value is -2.42. The molecule has 2 atom stereocenters. The van der Waals surface area contributed by atoms with Gasteiger partial charge in [0.25, 0.3) is 0 Å². The van der Waals surface area contributed by atoms with E-state index in [0.717, 1.165) is 16.9 Å². The summed E-state index contributed by atoms with van der Waals surface area (Å²) < 4.78 is 38.8. The van der Waals surface area contributed by atoms with Crippen molar-refractivity contribution >= 4 is 15.9 Å². The predicted molar refractivity (Wildman–Crippen MR) is 116 cm³/mol. The molecule has 2 saturated heterocycles. The van der Waals surface area contributed by atoms with Crippen LogP contribution >= 0.6 is 0 Å². The summed E-state index contributed by atoms with van der Waals surface area (Å²) in [4.78, 5) is 14.9. The van der Waals surface area contributed by atoms with E-state index in [-0.39, 0.29) is 31.2 Å². The number of hydrogen-bond donors (Lipinski definition) is 0. The number of hydrogen-bond acceptors (Lipinski definition) is 5. The summed E-state index contributed by atoms with van der Waals surface area (Å²) >= 11 is 0. The lowest BCUT2D eigenvalue weighted by Crippen LogP contribution is -2.61. The van der Waals surface area contributed by atoms with E-state index in [1.54, 1.807) is 31.4 Å². The molecule has 2 aliphatic rings. The van der Waals surface area contributed by atoms with Gasteiger partial charge in [0.15, 0.2) is 0 Å². The molecule has 2 aromatic carbocycles. The number of amides is 1. The van der Waals surface area contributed by atoms with Crippen LogP contribution < -0.4 is 4.74 Å². The van der Waals surface area contributed by atoms with Gasteiger partial charge in [0.1, 0.15) is 5.75 Å². The third-order valence-corrected chi connectivity index (χ3v) is 7.67. The van der Waals surface area contributed by atoms with Gasteiger partial charge in [0.05, 0.1) is 24.2 Å². The van der Waals surface area contributed by atoms with E-state index in [1.807, 2.05) is 36.1 Å². The number of morpholine rings is 2. The van der Waals surface area contributed by atoms with E-state index in [4.69, 9.17) is 9.47 Å². The van der Waals surface area contributed by atoms with Crippen LogP contribution in [0.25, 0.3) is 0 Å². The van der Waals surface area contributed by atoms with E-state index in [2.05, 4.69) is 0 Å². The minimum Gasteiger partial charge on any atom is -0.497 e. The molecule has 166 valence electrons. The first-order valence-corrected chi connectivity index (χ1v) is 11.9. The molecular formula is C23H28N2O5S. The maximum Gasteiger partial charge on any atom is 0.243 e. The van der Waals surface area contributed by atoms with Crippen LogP contribution in [-0.2, 0) is 26.0 Å². The van der Waals surface area contributed by atoms with Crippen LogP contribution in [-0.4, -0.2) is 69.0 Å². The molecular weight excluding hydrogens is 416 g/mol. The van der Waals surface area contributed by atoms with E-state index in [9.17, 15) is 13.2 Å². The number of methoxy groups -OCH3 is 1. The van der Waals surface area contributed by atoms with Gasteiger partial charge in [-0.05, 0) is 43.2 Å². The second kappa shape index (κ2) is 8.98. The van der Waals surface area contributed by atoms with E-state index < -0.39 is 10.0 Å². The number of nitrogens with zero attached hydrogens (tertiary/aromatic N) is 2. The van der Waals surface area contributed by atoms with Gasteiger partial charge in [-0.3, -0.25) is 4.79 Å². The van der Waals surface area contributed by atoms with Crippen molar-refractivity contribution in [2.75, 3.05) is 33.3 Å². The molecule has 2 aliphatic heterocycles. The zero-order valence-electron chi connectivity index (χ0n) is 17.9. The Balaban J connectivity index is 1.37. The van der Waals surface area contributed by atoms with Crippen molar-refractivity contribution in [3.05, 3.63) is 59.7 Å². The molecule has 0 spiro atoms. The first-order chi connectivity index (χ1) is 14.8. The topological polar surface area (TPSA) is 76.2 Å². The van der Waals surface area contributed by atoms with Gasteiger partial charge in [-0.15, -0.1) is 0 Å². The molecule has 2 bridgehead atoms. The molecule has 4 rings (SSSR count). The van der Waals surface area contributed by atoms with Gasteiger partial charge >= 0.3 is 0 Å². The summed E-state index contributed by atoms with van der Waals surface area (Å²) in [6.07, 6.45) is 0.413. The molecule has 2 heterocycles. The van der Waals surface area contributed by atoms with Gasteiger partial charge in [0.2, 0.25) is 15.9 Å². The molecule has 8 heteroatoms. The van der Waals surface area contributed by atoms with Crippen LogP contribution in [0.1, 0.15) is 17.5 Å². The number of ether oxygens (including phenoxy) is 2. The smallest absolute Gasteiger partial charge is 0.243 e. The fourth-order valence-electron chi connectivity index (χ4n) is 4.15. The Kier molecular flexibility index (Phi) is 6.31. The summed E-state index contributed by atoms with van der Waals surface area (Å²) in [5.74, 6) is 0.844. The highest BCUT2D eigenvalue weighted by Gasteiger charge is 2.40. The van der Waals surface area contributed by atoms with Crippen molar-refractivity contribution < 1.29 is 22.7 Å². The van der Waals surface area contributed by atoms with Gasteiger partial charge in [0, 0.05) is 32.6 Å². The molecule has 1 amide bonds. The van der Waals surface area contributed by atoms with Gasteiger partial charge in [-0.1, -0.05) is 29.8 Å². The number of carbonyl (C=O) groups is 1. The average molecular weight is 445 g/mol. The lowest BCUT2D eigenvalue weighted by atomic mass is 10.1. The second-order valence-corrected chi connectivity index (χ2v) is 10.1. The maximum atomic E-state index is 13.0. The molecule has 2 fully saturated rings. The maximum absolute atomic E-state index is 13.0. The average Bonchev–Trinajstić information content (AvgIpc) is 2.77. The van der Waals surface area contributed by atoms with Crippen molar-refractivity contribution in [2.45, 2.75) is 36.9 Å². The van der Waals surface area contributed by atoms with Gasteiger partial charge in [-0.2, -0.15) is 4.31 Å². The Morgan fingerprint density at radius 3 is 2.39 bits per heavy atom. The zero-order valence-corrected chi connectivity index (χ0v) is 18.7. The number of benzene rings is 2. The molecule has 0 aliphatic carbocycles. The van der Waals surface area contributed by atoms with E-state index in [0.29, 0.717) is 30.8 Å². The lowest BCUT2D eigenvalue weighted by molar-refractivity contribution is -0.154. The number of fused-ring (bicyclic) bond motifs is 2. The Bertz CT molecular complexity index is 1020. The summed E-state index contributed by atoms with van der Waals surface area (Å²) in [5.41, 5.74) is 2.07. The predicted octanol–water partition coefficient (Wildman–Crippen LogP) is 2.24. The van der Waals surface area contributed by atoms with Crippen LogP contribution in [0.4, 0.5) is 0 Å². The summed E-state index contributed by atoms with van der Waals surface area (Å²) in [6.45, 7) is 3.26. The quantitative estimate of drug-likeness (QED) is 0.683. The van der Waals surface area contributed by atoms with Crippen molar-refractivity contribution in [1.29, 1.82) is 0 Å². The molecule has 31 heavy (non-hydrogen) atoms. The Labute approximate surface area is 183 Å². The summed E-state index contributed by atoms with van der Waals surface area (Å²) in [5, 5.41) is 0. The molecule has 0 radical (unpaired) electrons. The largest absolute Gasteiger partial charge is 0.497 e. The Morgan fingerprint density at radius 2 is 1.74 bits per heavy atom. The number of rotatable bonds is 6. The van der Waals surface area contributed by atoms with Crippen LogP contribution in [0.15, 0.2) is 53.4 Å². The van der Waals surface area contributed by atoms with E-state index in [1.165, 1.54) is 4.31 Å². The van der Waals surface area contributed by atoms with Crippen molar-refractivity contribution in [1.82, 2.24) is 9.21 Å². The minimum absolute atomic E-state index is 0.0657.